The fourth-order valence-corrected chi connectivity index (χ4v) is 1.99. The third kappa shape index (κ3) is 3.21. The molecule has 18 heavy (non-hydrogen) atoms. The van der Waals surface area contributed by atoms with Crippen molar-refractivity contribution in [3.05, 3.63) is 29.8 Å². The Bertz CT molecular complexity index is 413. The van der Waals surface area contributed by atoms with Crippen molar-refractivity contribution in [1.29, 1.82) is 0 Å². The van der Waals surface area contributed by atoms with Crippen LogP contribution in [0.15, 0.2) is 24.3 Å². The molecule has 98 valence electrons. The molecule has 5 heteroatoms. The van der Waals surface area contributed by atoms with E-state index in [1.807, 2.05) is 0 Å². The minimum Gasteiger partial charge on any atom is -0.508 e. The first kappa shape index (κ1) is 12.9. The summed E-state index contributed by atoms with van der Waals surface area (Å²) in [6.07, 6.45) is 1.36. The van der Waals surface area contributed by atoms with Crippen LogP contribution in [0.4, 0.5) is 0 Å². The number of aromatic hydroxyl groups is 1. The number of aliphatic hydroxyl groups excluding tert-OH is 1. The molecule has 1 aromatic carbocycles. The third-order valence-corrected chi connectivity index (χ3v) is 3.19. The minimum absolute atomic E-state index is 0.0540. The molecule has 0 radical (unpaired) electrons. The molecule has 5 nitrogen and oxygen atoms in total. The maximum absolute atomic E-state index is 11.8. The van der Waals surface area contributed by atoms with E-state index < -0.39 is 6.04 Å². The Balaban J connectivity index is 1.81. The van der Waals surface area contributed by atoms with Crippen LogP contribution in [0.3, 0.4) is 0 Å². The van der Waals surface area contributed by atoms with Crippen LogP contribution < -0.4 is 11.1 Å². The predicted molar refractivity (Wildman–Crippen MR) is 67.0 cm³/mol. The maximum atomic E-state index is 11.8. The molecule has 0 aromatic heterocycles. The normalized spacial score (nSPS) is 24.1. The number of nitrogens with two attached hydrogens (primary N) is 1. The van der Waals surface area contributed by atoms with Gasteiger partial charge in [-0.15, -0.1) is 0 Å². The van der Waals surface area contributed by atoms with Crippen LogP contribution in [-0.2, 0) is 11.2 Å². The van der Waals surface area contributed by atoms with E-state index in [1.165, 1.54) is 0 Å². The Morgan fingerprint density at radius 1 is 1.39 bits per heavy atom. The zero-order valence-electron chi connectivity index (χ0n) is 10.0. The number of aliphatic hydroxyl groups is 1. The number of hydrogen-bond acceptors (Lipinski definition) is 4. The van der Waals surface area contributed by atoms with Gasteiger partial charge < -0.3 is 21.3 Å². The van der Waals surface area contributed by atoms with E-state index in [4.69, 9.17) is 15.9 Å². The van der Waals surface area contributed by atoms with Crippen molar-refractivity contribution in [3.8, 4) is 5.75 Å². The molecule has 5 N–H and O–H groups in total. The molecular formula is C13H18N2O3. The van der Waals surface area contributed by atoms with Gasteiger partial charge in [-0.25, -0.2) is 0 Å². The Kier molecular flexibility index (Phi) is 3.84. The molecule has 0 heterocycles. The molecule has 1 saturated carbocycles. The number of nitrogens with one attached hydrogen (secondary N) is 1. The summed E-state index contributed by atoms with van der Waals surface area (Å²) in [5.74, 6) is 0.000188. The number of rotatable bonds is 4. The topological polar surface area (TPSA) is 95.6 Å². The summed E-state index contributed by atoms with van der Waals surface area (Å²) in [6.45, 7) is 0. The molecule has 1 atom stereocenters. The van der Waals surface area contributed by atoms with E-state index in [0.717, 1.165) is 5.56 Å². The van der Waals surface area contributed by atoms with Crippen LogP contribution in [0.1, 0.15) is 18.4 Å². The van der Waals surface area contributed by atoms with Gasteiger partial charge in [0.05, 0.1) is 12.1 Å². The molecule has 1 aliphatic carbocycles. The largest absolute Gasteiger partial charge is 0.508 e. The fraction of sp³-hybridized carbons (Fsp3) is 0.462. The third-order valence-electron chi connectivity index (χ3n) is 3.19. The number of carbonyl (C=O) groups excluding carboxylic acids is 1. The second-order valence-electron chi connectivity index (χ2n) is 4.81. The molecular weight excluding hydrogens is 232 g/mol. The van der Waals surface area contributed by atoms with Gasteiger partial charge in [0.2, 0.25) is 5.91 Å². The number of phenolic OH excluding ortho intramolecular Hbond substituents is 1. The van der Waals surface area contributed by atoms with Gasteiger partial charge in [-0.05, 0) is 37.0 Å². The monoisotopic (exact) mass is 250 g/mol. The first-order valence-corrected chi connectivity index (χ1v) is 6.06. The molecule has 1 amide bonds. The lowest BCUT2D eigenvalue weighted by Gasteiger charge is -2.32. The van der Waals surface area contributed by atoms with Crippen LogP contribution in [0, 0.1) is 0 Å². The van der Waals surface area contributed by atoms with Crippen molar-refractivity contribution in [2.45, 2.75) is 37.5 Å². The number of amides is 1. The standard InChI is InChI=1S/C13H18N2O3/c14-12(5-8-1-3-10(16)4-2-8)13(18)15-9-6-11(17)7-9/h1-4,9,11-12,16-17H,5-7,14H2,(H,15,18)/t9?,11?,12-/m1/s1. The van der Waals surface area contributed by atoms with Crippen molar-refractivity contribution >= 4 is 5.91 Å². The van der Waals surface area contributed by atoms with Crippen molar-refractivity contribution in [2.75, 3.05) is 0 Å². The predicted octanol–water partition coefficient (Wildman–Crippen LogP) is -0.0985. The van der Waals surface area contributed by atoms with E-state index in [1.54, 1.807) is 24.3 Å². The zero-order chi connectivity index (χ0) is 13.1. The summed E-state index contributed by atoms with van der Waals surface area (Å²) in [7, 11) is 0. The Morgan fingerprint density at radius 3 is 2.56 bits per heavy atom. The Morgan fingerprint density at radius 2 is 2.00 bits per heavy atom. The van der Waals surface area contributed by atoms with Crippen molar-refractivity contribution < 1.29 is 15.0 Å². The summed E-state index contributed by atoms with van der Waals surface area (Å²) in [5, 5.41) is 21.1. The molecule has 1 fully saturated rings. The van der Waals surface area contributed by atoms with Crippen LogP contribution >= 0.6 is 0 Å². The van der Waals surface area contributed by atoms with E-state index in [2.05, 4.69) is 5.32 Å². The molecule has 2 rings (SSSR count). The second kappa shape index (κ2) is 5.37. The van der Waals surface area contributed by atoms with E-state index in [-0.39, 0.29) is 23.8 Å². The summed E-state index contributed by atoms with van der Waals surface area (Å²) in [6, 6.07) is 6.08. The van der Waals surface area contributed by atoms with Gasteiger partial charge in [0.25, 0.3) is 0 Å². The van der Waals surface area contributed by atoms with Crippen LogP contribution in [0.25, 0.3) is 0 Å². The quantitative estimate of drug-likeness (QED) is 0.600. The summed E-state index contributed by atoms with van der Waals surface area (Å²) in [4.78, 5) is 11.8. The average Bonchev–Trinajstić information content (AvgIpc) is 2.30. The molecule has 0 saturated heterocycles. The van der Waals surface area contributed by atoms with Crippen molar-refractivity contribution in [2.24, 2.45) is 5.73 Å². The van der Waals surface area contributed by atoms with Crippen molar-refractivity contribution in [1.82, 2.24) is 5.32 Å². The Hall–Kier alpha value is -1.59. The van der Waals surface area contributed by atoms with E-state index >= 15 is 0 Å². The van der Waals surface area contributed by atoms with Gasteiger partial charge in [0, 0.05) is 6.04 Å². The highest BCUT2D eigenvalue weighted by molar-refractivity contribution is 5.82. The first-order valence-electron chi connectivity index (χ1n) is 6.06. The molecule has 0 aliphatic heterocycles. The van der Waals surface area contributed by atoms with Gasteiger partial charge in [-0.3, -0.25) is 4.79 Å². The first-order chi connectivity index (χ1) is 8.54. The number of hydrogen-bond donors (Lipinski definition) is 4. The highest BCUT2D eigenvalue weighted by atomic mass is 16.3. The number of benzene rings is 1. The fourth-order valence-electron chi connectivity index (χ4n) is 1.99. The van der Waals surface area contributed by atoms with Gasteiger partial charge in [0.15, 0.2) is 0 Å². The van der Waals surface area contributed by atoms with Gasteiger partial charge in [-0.2, -0.15) is 0 Å². The summed E-state index contributed by atoms with van der Waals surface area (Å²) >= 11 is 0. The summed E-state index contributed by atoms with van der Waals surface area (Å²) in [5.41, 5.74) is 6.72. The lowest BCUT2D eigenvalue weighted by Crippen LogP contribution is -2.52. The molecule has 0 bridgehead atoms. The molecule has 1 aliphatic rings. The average molecular weight is 250 g/mol. The zero-order valence-corrected chi connectivity index (χ0v) is 10.0. The van der Waals surface area contributed by atoms with Crippen LogP contribution in [-0.4, -0.2) is 34.3 Å². The van der Waals surface area contributed by atoms with Crippen LogP contribution in [0.5, 0.6) is 5.75 Å². The summed E-state index contributed by atoms with van der Waals surface area (Å²) < 4.78 is 0. The lowest BCUT2D eigenvalue weighted by atomic mass is 9.89. The van der Waals surface area contributed by atoms with Gasteiger partial charge in [0.1, 0.15) is 5.75 Å². The SMILES string of the molecule is N[C@H](Cc1ccc(O)cc1)C(=O)NC1CC(O)C1. The number of phenols is 1. The molecule has 0 spiro atoms. The highest BCUT2D eigenvalue weighted by Gasteiger charge is 2.29. The van der Waals surface area contributed by atoms with Gasteiger partial charge >= 0.3 is 0 Å². The number of carbonyl (C=O) groups is 1. The van der Waals surface area contributed by atoms with Gasteiger partial charge in [-0.1, -0.05) is 12.1 Å². The molecule has 1 aromatic rings. The van der Waals surface area contributed by atoms with Crippen molar-refractivity contribution in [3.63, 3.8) is 0 Å². The van der Waals surface area contributed by atoms with Crippen LogP contribution in [0.2, 0.25) is 0 Å². The van der Waals surface area contributed by atoms with E-state index in [9.17, 15) is 4.79 Å². The van der Waals surface area contributed by atoms with E-state index in [0.29, 0.717) is 19.3 Å². The maximum Gasteiger partial charge on any atom is 0.237 e. The molecule has 0 unspecified atom stereocenters. The lowest BCUT2D eigenvalue weighted by molar-refractivity contribution is -0.124. The minimum atomic E-state index is -0.604. The smallest absolute Gasteiger partial charge is 0.237 e. The Labute approximate surface area is 106 Å². The second-order valence-corrected chi connectivity index (χ2v) is 4.81. The highest BCUT2D eigenvalue weighted by Crippen LogP contribution is 2.19.